The Balaban J connectivity index is 2.08. The van der Waals surface area contributed by atoms with Crippen LogP contribution in [-0.4, -0.2) is 14.8 Å². The van der Waals surface area contributed by atoms with Crippen LogP contribution in [-0.2, 0) is 13.1 Å². The Morgan fingerprint density at radius 2 is 2.00 bits per heavy atom. The SMILES string of the molecule is Cc1nc(CNCc2ccc([N+](=O)[O-])cc2[N+](=O)[O-])cs1. The molecule has 2 rings (SSSR count). The monoisotopic (exact) mass is 308 g/mol. The minimum absolute atomic E-state index is 0.241. The molecule has 9 heteroatoms. The first kappa shape index (κ1) is 15.0. The maximum absolute atomic E-state index is 11.0. The Labute approximate surface area is 123 Å². The summed E-state index contributed by atoms with van der Waals surface area (Å²) in [7, 11) is 0. The Bertz CT molecular complexity index is 686. The molecule has 1 aromatic carbocycles. The predicted octanol–water partition coefficient (Wildman–Crippen LogP) is 2.56. The third-order valence-electron chi connectivity index (χ3n) is 2.76. The molecule has 0 saturated carbocycles. The molecule has 0 radical (unpaired) electrons. The highest BCUT2D eigenvalue weighted by Crippen LogP contribution is 2.24. The largest absolute Gasteiger partial charge is 0.307 e. The summed E-state index contributed by atoms with van der Waals surface area (Å²) >= 11 is 1.53. The summed E-state index contributed by atoms with van der Waals surface area (Å²) in [5, 5.41) is 27.5. The van der Waals surface area contributed by atoms with Gasteiger partial charge in [0.15, 0.2) is 0 Å². The number of rotatable bonds is 6. The number of hydrogen-bond donors (Lipinski definition) is 1. The van der Waals surface area contributed by atoms with E-state index in [9.17, 15) is 20.2 Å². The molecule has 0 bridgehead atoms. The lowest BCUT2D eigenvalue weighted by Crippen LogP contribution is -2.14. The molecule has 110 valence electrons. The molecule has 2 aromatic rings. The Hall–Kier alpha value is -2.39. The maximum Gasteiger partial charge on any atom is 0.280 e. The summed E-state index contributed by atoms with van der Waals surface area (Å²) in [5.41, 5.74) is 0.714. The quantitative estimate of drug-likeness (QED) is 0.648. The van der Waals surface area contributed by atoms with Crippen molar-refractivity contribution in [2.75, 3.05) is 0 Å². The van der Waals surface area contributed by atoms with Gasteiger partial charge in [-0.05, 0) is 13.0 Å². The molecule has 0 amide bonds. The van der Waals surface area contributed by atoms with E-state index >= 15 is 0 Å². The average Bonchev–Trinajstić information content (AvgIpc) is 2.84. The van der Waals surface area contributed by atoms with Crippen LogP contribution in [0.3, 0.4) is 0 Å². The zero-order chi connectivity index (χ0) is 15.4. The number of non-ortho nitro benzene ring substituents is 1. The molecule has 1 heterocycles. The molecule has 0 saturated heterocycles. The Kier molecular flexibility index (Phi) is 4.55. The fourth-order valence-corrected chi connectivity index (χ4v) is 2.41. The number of benzene rings is 1. The summed E-state index contributed by atoms with van der Waals surface area (Å²) in [6.07, 6.45) is 0. The van der Waals surface area contributed by atoms with E-state index in [1.807, 2.05) is 12.3 Å². The van der Waals surface area contributed by atoms with Gasteiger partial charge in [-0.1, -0.05) is 0 Å². The zero-order valence-corrected chi connectivity index (χ0v) is 11.9. The van der Waals surface area contributed by atoms with Crippen LogP contribution in [0.5, 0.6) is 0 Å². The van der Waals surface area contributed by atoms with Crippen molar-refractivity contribution < 1.29 is 9.85 Å². The van der Waals surface area contributed by atoms with Gasteiger partial charge in [0.05, 0.1) is 26.6 Å². The smallest absolute Gasteiger partial charge is 0.280 e. The first-order valence-corrected chi connectivity index (χ1v) is 6.89. The molecule has 0 unspecified atom stereocenters. The van der Waals surface area contributed by atoms with Crippen molar-refractivity contribution in [3.8, 4) is 0 Å². The molecule has 1 aromatic heterocycles. The van der Waals surface area contributed by atoms with Crippen molar-refractivity contribution >= 4 is 22.7 Å². The van der Waals surface area contributed by atoms with Gasteiger partial charge in [0.25, 0.3) is 11.4 Å². The minimum Gasteiger partial charge on any atom is -0.307 e. The minimum atomic E-state index is -0.651. The predicted molar refractivity (Wildman–Crippen MR) is 77.1 cm³/mol. The highest BCUT2D eigenvalue weighted by Gasteiger charge is 2.18. The van der Waals surface area contributed by atoms with Crippen LogP contribution in [0.1, 0.15) is 16.3 Å². The van der Waals surface area contributed by atoms with E-state index in [-0.39, 0.29) is 17.9 Å². The number of thiazole rings is 1. The lowest BCUT2D eigenvalue weighted by Gasteiger charge is -2.04. The van der Waals surface area contributed by atoms with Crippen molar-refractivity contribution in [3.05, 3.63) is 60.1 Å². The molecule has 0 fully saturated rings. The van der Waals surface area contributed by atoms with Crippen LogP contribution >= 0.6 is 11.3 Å². The third-order valence-corrected chi connectivity index (χ3v) is 3.59. The Morgan fingerprint density at radius 1 is 1.24 bits per heavy atom. The molecule has 8 nitrogen and oxygen atoms in total. The molecule has 21 heavy (non-hydrogen) atoms. The van der Waals surface area contributed by atoms with E-state index in [2.05, 4.69) is 10.3 Å². The van der Waals surface area contributed by atoms with Gasteiger partial charge >= 0.3 is 0 Å². The van der Waals surface area contributed by atoms with Gasteiger partial charge < -0.3 is 5.32 Å². The summed E-state index contributed by atoms with van der Waals surface area (Å²) in [4.78, 5) is 24.6. The van der Waals surface area contributed by atoms with Gasteiger partial charge in [-0.3, -0.25) is 20.2 Å². The molecule has 0 aliphatic rings. The number of hydrogen-bond acceptors (Lipinski definition) is 7. The van der Waals surface area contributed by atoms with Crippen LogP contribution in [0.15, 0.2) is 23.6 Å². The highest BCUT2D eigenvalue weighted by atomic mass is 32.1. The van der Waals surface area contributed by atoms with E-state index in [4.69, 9.17) is 0 Å². The van der Waals surface area contributed by atoms with E-state index in [1.54, 1.807) is 0 Å². The molecule has 0 aliphatic heterocycles. The normalized spacial score (nSPS) is 10.5. The van der Waals surface area contributed by atoms with Crippen LogP contribution < -0.4 is 5.32 Å². The molecule has 0 spiro atoms. The first-order valence-electron chi connectivity index (χ1n) is 6.01. The second kappa shape index (κ2) is 6.37. The lowest BCUT2D eigenvalue weighted by atomic mass is 10.1. The van der Waals surface area contributed by atoms with Gasteiger partial charge in [-0.2, -0.15) is 0 Å². The fraction of sp³-hybridized carbons (Fsp3) is 0.250. The number of nitrogens with zero attached hydrogens (tertiary/aromatic N) is 3. The van der Waals surface area contributed by atoms with Gasteiger partial charge in [0.1, 0.15) is 0 Å². The zero-order valence-electron chi connectivity index (χ0n) is 11.1. The summed E-state index contributed by atoms with van der Waals surface area (Å²) < 4.78 is 0. The van der Waals surface area contributed by atoms with E-state index < -0.39 is 9.85 Å². The third kappa shape index (κ3) is 3.80. The van der Waals surface area contributed by atoms with Crippen molar-refractivity contribution in [2.24, 2.45) is 0 Å². The highest BCUT2D eigenvalue weighted by molar-refractivity contribution is 7.09. The Morgan fingerprint density at radius 3 is 2.57 bits per heavy atom. The summed E-state index contributed by atoms with van der Waals surface area (Å²) in [6.45, 7) is 2.62. The van der Waals surface area contributed by atoms with Crippen LogP contribution in [0.2, 0.25) is 0 Å². The number of nitrogens with one attached hydrogen (secondary N) is 1. The van der Waals surface area contributed by atoms with Crippen molar-refractivity contribution in [1.29, 1.82) is 0 Å². The molecular formula is C12H12N4O4S. The lowest BCUT2D eigenvalue weighted by molar-refractivity contribution is -0.394. The molecule has 0 aliphatic carbocycles. The van der Waals surface area contributed by atoms with Crippen LogP contribution in [0.4, 0.5) is 11.4 Å². The standard InChI is InChI=1S/C12H12N4O4S/c1-8-14-10(7-21-8)6-13-5-9-2-3-11(15(17)18)4-12(9)16(19)20/h2-4,7,13H,5-6H2,1H3. The second-order valence-electron chi connectivity index (χ2n) is 4.29. The van der Waals surface area contributed by atoms with Crippen LogP contribution in [0.25, 0.3) is 0 Å². The van der Waals surface area contributed by atoms with Gasteiger partial charge in [0.2, 0.25) is 0 Å². The maximum atomic E-state index is 11.0. The molecule has 0 atom stereocenters. The number of aryl methyl sites for hydroxylation is 1. The van der Waals surface area contributed by atoms with Crippen molar-refractivity contribution in [2.45, 2.75) is 20.0 Å². The van der Waals surface area contributed by atoms with E-state index in [0.29, 0.717) is 12.1 Å². The number of nitro groups is 2. The average molecular weight is 308 g/mol. The van der Waals surface area contributed by atoms with Gasteiger partial charge in [0, 0.05) is 30.1 Å². The second-order valence-corrected chi connectivity index (χ2v) is 5.35. The number of aromatic nitrogens is 1. The summed E-state index contributed by atoms with van der Waals surface area (Å²) in [6, 6.07) is 3.64. The number of nitro benzene ring substituents is 2. The summed E-state index contributed by atoms with van der Waals surface area (Å²) in [5.74, 6) is 0. The van der Waals surface area contributed by atoms with E-state index in [0.717, 1.165) is 16.8 Å². The van der Waals surface area contributed by atoms with Crippen molar-refractivity contribution in [1.82, 2.24) is 10.3 Å². The van der Waals surface area contributed by atoms with Crippen molar-refractivity contribution in [3.63, 3.8) is 0 Å². The van der Waals surface area contributed by atoms with Crippen LogP contribution in [0, 0.1) is 27.2 Å². The topological polar surface area (TPSA) is 111 Å². The van der Waals surface area contributed by atoms with Gasteiger partial charge in [-0.15, -0.1) is 11.3 Å². The first-order chi connectivity index (χ1) is 9.97. The van der Waals surface area contributed by atoms with E-state index in [1.165, 1.54) is 23.5 Å². The molecular weight excluding hydrogens is 296 g/mol. The fourth-order valence-electron chi connectivity index (χ4n) is 1.80. The van der Waals surface area contributed by atoms with Gasteiger partial charge in [-0.25, -0.2) is 4.98 Å². The molecule has 1 N–H and O–H groups in total.